The van der Waals surface area contributed by atoms with Gasteiger partial charge < -0.3 is 15.5 Å². The summed E-state index contributed by atoms with van der Waals surface area (Å²) in [7, 11) is -1.02. The lowest BCUT2D eigenvalue weighted by Crippen LogP contribution is -2.61. The highest BCUT2D eigenvalue weighted by Crippen LogP contribution is 2.30. The lowest BCUT2D eigenvalue weighted by atomic mass is 9.76. The first kappa shape index (κ1) is 38.5. The van der Waals surface area contributed by atoms with E-state index < -0.39 is 68.3 Å². The first-order valence-electron chi connectivity index (χ1n) is 15.1. The van der Waals surface area contributed by atoms with Crippen molar-refractivity contribution in [3.05, 3.63) is 76.9 Å². The molecule has 0 bridgehead atoms. The molecule has 0 saturated heterocycles. The number of hydrogen-bond acceptors (Lipinski definition) is 6. The predicted molar refractivity (Wildman–Crippen MR) is 175 cm³/mol. The van der Waals surface area contributed by atoms with E-state index in [9.17, 15) is 31.6 Å². The van der Waals surface area contributed by atoms with Crippen LogP contribution in [0.1, 0.15) is 66.5 Å². The maximum Gasteiger partial charge on any atom is 0.264 e. The number of aryl methyl sites for hydroxylation is 1. The van der Waals surface area contributed by atoms with Crippen LogP contribution in [-0.2, 0) is 29.8 Å². The van der Waals surface area contributed by atoms with Gasteiger partial charge in [0.15, 0.2) is 0 Å². The lowest BCUT2D eigenvalue weighted by Gasteiger charge is -2.40. The van der Waals surface area contributed by atoms with Crippen molar-refractivity contribution in [2.75, 3.05) is 14.1 Å². The number of nitrogens with one attached hydrogen (secondary N) is 3. The van der Waals surface area contributed by atoms with Gasteiger partial charge in [0.25, 0.3) is 15.9 Å². The Bertz CT molecular complexity index is 1540. The van der Waals surface area contributed by atoms with Crippen LogP contribution in [0.2, 0.25) is 0 Å². The maximum atomic E-state index is 14.1. The van der Waals surface area contributed by atoms with Gasteiger partial charge in [-0.2, -0.15) is 0 Å². The third-order valence-electron chi connectivity index (χ3n) is 8.09. The molecule has 0 unspecified atom stereocenters. The second-order valence-corrected chi connectivity index (χ2v) is 15.4. The minimum Gasteiger partial charge on any atom is -0.342 e. The number of amides is 3. The third-order valence-corrected chi connectivity index (χ3v) is 9.44. The Labute approximate surface area is 272 Å². The fraction of sp³-hybridized carbons (Fsp3) is 0.500. The monoisotopic (exact) mass is 662 g/mol. The quantitative estimate of drug-likeness (QED) is 0.286. The number of carbonyl (C=O) groups is 3. The fourth-order valence-corrected chi connectivity index (χ4v) is 6.22. The van der Waals surface area contributed by atoms with Crippen LogP contribution in [0.25, 0.3) is 0 Å². The van der Waals surface area contributed by atoms with Gasteiger partial charge in [0.2, 0.25) is 11.8 Å². The zero-order valence-electron chi connectivity index (χ0n) is 28.6. The van der Waals surface area contributed by atoms with Gasteiger partial charge in [-0.3, -0.25) is 14.4 Å². The molecule has 0 aliphatic carbocycles. The van der Waals surface area contributed by atoms with Crippen LogP contribution in [0, 0.1) is 29.9 Å². The van der Waals surface area contributed by atoms with E-state index in [-0.39, 0.29) is 21.9 Å². The van der Waals surface area contributed by atoms with Crippen molar-refractivity contribution in [1.82, 2.24) is 20.3 Å². The number of nitrogens with zero attached hydrogens (tertiary/aromatic N) is 1. The molecular formula is C34H48F2N4O5S. The van der Waals surface area contributed by atoms with E-state index in [1.807, 2.05) is 20.8 Å². The fourth-order valence-electron chi connectivity index (χ4n) is 5.20. The van der Waals surface area contributed by atoms with Crippen molar-refractivity contribution in [2.24, 2.45) is 11.3 Å². The van der Waals surface area contributed by atoms with E-state index in [0.717, 1.165) is 11.6 Å². The second-order valence-electron chi connectivity index (χ2n) is 13.7. The van der Waals surface area contributed by atoms with Crippen LogP contribution < -0.4 is 15.4 Å². The molecule has 2 rings (SSSR count). The lowest BCUT2D eigenvalue weighted by molar-refractivity contribution is -0.140. The Hall–Kier alpha value is -3.64. The van der Waals surface area contributed by atoms with Crippen molar-refractivity contribution in [3.63, 3.8) is 0 Å². The summed E-state index contributed by atoms with van der Waals surface area (Å²) in [5.41, 5.74) is -0.631. The van der Waals surface area contributed by atoms with Crippen LogP contribution in [0.4, 0.5) is 8.78 Å². The minimum atomic E-state index is -4.12. The molecule has 3 atom stereocenters. The Morgan fingerprint density at radius 1 is 0.913 bits per heavy atom. The standard InChI is InChI=1S/C34H48F2N4O5S/c1-20(2)27(16-22(4)30(41)39-46(44,45)26-14-12-21(3)13-15-26)40(11)32(43)29(33(5,6)7)38-31(42)28(37-10)34(8,9)23-17-24(35)19-25(36)18-23/h12-20,27-29,37H,1-11H3,(H,38,42)(H,39,41)/b22-16+/t27-,28-,29-/m1/s1. The summed E-state index contributed by atoms with van der Waals surface area (Å²) in [6.07, 6.45) is 1.53. The minimum absolute atomic E-state index is 0.0544. The van der Waals surface area contributed by atoms with Crippen molar-refractivity contribution in [2.45, 2.75) is 90.7 Å². The molecule has 0 saturated carbocycles. The SMILES string of the molecule is CN[C@H](C(=O)N[C@H](C(=O)N(C)[C@H](/C=C(\C)C(=O)NS(=O)(=O)c1ccc(C)cc1)C(C)C)C(C)(C)C)C(C)(C)c1cc(F)cc(F)c1. The first-order chi connectivity index (χ1) is 21.0. The van der Waals surface area contributed by atoms with Crippen LogP contribution in [0.5, 0.6) is 0 Å². The number of likely N-dealkylation sites (N-methyl/N-ethyl adjacent to an activating group) is 2. The topological polar surface area (TPSA) is 125 Å². The summed E-state index contributed by atoms with van der Waals surface area (Å²) >= 11 is 0. The number of carbonyl (C=O) groups excluding carboxylic acids is 3. The summed E-state index contributed by atoms with van der Waals surface area (Å²) in [6.45, 7) is 15.7. The summed E-state index contributed by atoms with van der Waals surface area (Å²) in [4.78, 5) is 42.1. The molecule has 0 spiro atoms. The summed E-state index contributed by atoms with van der Waals surface area (Å²) in [5.74, 6) is -3.57. The van der Waals surface area contributed by atoms with Gasteiger partial charge in [0, 0.05) is 24.1 Å². The molecule has 254 valence electrons. The van der Waals surface area contributed by atoms with E-state index >= 15 is 0 Å². The van der Waals surface area contributed by atoms with Gasteiger partial charge in [0.05, 0.1) is 17.0 Å². The third kappa shape index (κ3) is 9.45. The van der Waals surface area contributed by atoms with E-state index in [1.54, 1.807) is 60.8 Å². The van der Waals surface area contributed by atoms with Crippen LogP contribution in [-0.4, -0.2) is 63.3 Å². The predicted octanol–water partition coefficient (Wildman–Crippen LogP) is 4.60. The summed E-state index contributed by atoms with van der Waals surface area (Å²) in [5, 5.41) is 5.79. The van der Waals surface area contributed by atoms with E-state index in [0.29, 0.717) is 0 Å². The Morgan fingerprint density at radius 2 is 1.43 bits per heavy atom. The van der Waals surface area contributed by atoms with Gasteiger partial charge in [0.1, 0.15) is 17.7 Å². The van der Waals surface area contributed by atoms with Crippen molar-refractivity contribution in [1.29, 1.82) is 0 Å². The van der Waals surface area contributed by atoms with Crippen LogP contribution in [0.15, 0.2) is 59.0 Å². The Morgan fingerprint density at radius 3 is 1.89 bits per heavy atom. The van der Waals surface area contributed by atoms with Gasteiger partial charge in [-0.05, 0) is 62.1 Å². The summed E-state index contributed by atoms with van der Waals surface area (Å²) in [6, 6.07) is 6.52. The second kappa shape index (κ2) is 14.8. The van der Waals surface area contributed by atoms with E-state index in [1.165, 1.54) is 42.2 Å². The number of sulfonamides is 1. The molecule has 46 heavy (non-hydrogen) atoms. The largest absolute Gasteiger partial charge is 0.342 e. The molecule has 3 N–H and O–H groups in total. The van der Waals surface area contributed by atoms with Gasteiger partial charge in [-0.15, -0.1) is 0 Å². The maximum absolute atomic E-state index is 14.1. The highest BCUT2D eigenvalue weighted by Gasteiger charge is 2.42. The van der Waals surface area contributed by atoms with Crippen molar-refractivity contribution >= 4 is 27.7 Å². The molecule has 0 radical (unpaired) electrons. The average molecular weight is 663 g/mol. The zero-order chi connectivity index (χ0) is 35.4. The number of halogens is 2. The molecular weight excluding hydrogens is 614 g/mol. The smallest absolute Gasteiger partial charge is 0.264 e. The molecule has 2 aromatic rings. The highest BCUT2D eigenvalue weighted by molar-refractivity contribution is 7.90. The first-order valence-corrected chi connectivity index (χ1v) is 16.5. The molecule has 0 fully saturated rings. The zero-order valence-corrected chi connectivity index (χ0v) is 29.4. The molecule has 9 nitrogen and oxygen atoms in total. The molecule has 3 amide bonds. The van der Waals surface area contributed by atoms with Gasteiger partial charge in [-0.25, -0.2) is 21.9 Å². The molecule has 12 heteroatoms. The number of rotatable bonds is 12. The van der Waals surface area contributed by atoms with Crippen molar-refractivity contribution < 1.29 is 31.6 Å². The Balaban J connectivity index is 2.36. The van der Waals surface area contributed by atoms with Gasteiger partial charge >= 0.3 is 0 Å². The normalized spacial score (nSPS) is 14.8. The molecule has 0 aliphatic rings. The molecule has 0 aliphatic heterocycles. The van der Waals surface area contributed by atoms with Crippen LogP contribution >= 0.6 is 0 Å². The van der Waals surface area contributed by atoms with E-state index in [2.05, 4.69) is 15.4 Å². The molecule has 0 heterocycles. The van der Waals surface area contributed by atoms with E-state index in [4.69, 9.17) is 0 Å². The molecule has 2 aromatic carbocycles. The average Bonchev–Trinajstić information content (AvgIpc) is 2.92. The summed E-state index contributed by atoms with van der Waals surface area (Å²) < 4.78 is 55.8. The number of hydrogen-bond donors (Lipinski definition) is 3. The Kier molecular flexibility index (Phi) is 12.4. The van der Waals surface area contributed by atoms with Crippen molar-refractivity contribution in [3.8, 4) is 0 Å². The number of benzene rings is 2. The molecule has 0 aromatic heterocycles. The highest BCUT2D eigenvalue weighted by atomic mass is 32.2. The van der Waals surface area contributed by atoms with Gasteiger partial charge in [-0.1, -0.05) is 72.2 Å². The van der Waals surface area contributed by atoms with Crippen LogP contribution in [0.3, 0.4) is 0 Å².